The quantitative estimate of drug-likeness (QED) is 0.902. The maximum Gasteiger partial charge on any atom is 0.308 e. The minimum atomic E-state index is -0.879. The van der Waals surface area contributed by atoms with Crippen LogP contribution in [0.1, 0.15) is 12.8 Å². The summed E-state index contributed by atoms with van der Waals surface area (Å²) in [6.07, 6.45) is 2.62. The molecule has 0 aromatic carbocycles. The molecule has 22 heavy (non-hydrogen) atoms. The second-order valence-corrected chi connectivity index (χ2v) is 6.23. The van der Waals surface area contributed by atoms with Crippen molar-refractivity contribution < 1.29 is 14.7 Å². The molecule has 1 N–H and O–H groups in total. The lowest BCUT2D eigenvalue weighted by molar-refractivity contribution is -0.145. The van der Waals surface area contributed by atoms with Crippen LogP contribution >= 0.6 is 11.3 Å². The van der Waals surface area contributed by atoms with Gasteiger partial charge in [0.1, 0.15) is 11.4 Å². The average Bonchev–Trinajstić information content (AvgIpc) is 2.99. The maximum absolute atomic E-state index is 12.3. The molecule has 2 aromatic heterocycles. The molecular formula is C14H15N3O4S. The first kappa shape index (κ1) is 14.7. The second kappa shape index (κ2) is 5.88. The summed E-state index contributed by atoms with van der Waals surface area (Å²) in [5, 5.41) is 11.4. The number of thiophene rings is 1. The van der Waals surface area contributed by atoms with Gasteiger partial charge in [-0.05, 0) is 24.3 Å². The van der Waals surface area contributed by atoms with Gasteiger partial charge in [-0.3, -0.25) is 19.0 Å². The highest BCUT2D eigenvalue weighted by Gasteiger charge is 2.28. The zero-order chi connectivity index (χ0) is 15.7. The van der Waals surface area contributed by atoms with Gasteiger partial charge in [-0.1, -0.05) is 0 Å². The number of nitrogens with zero attached hydrogens (tertiary/aromatic N) is 3. The summed E-state index contributed by atoms with van der Waals surface area (Å²) in [5.41, 5.74) is -0.244. The maximum atomic E-state index is 12.3. The third-order valence-electron chi connectivity index (χ3n) is 3.88. The lowest BCUT2D eigenvalue weighted by Gasteiger charge is -2.30. The van der Waals surface area contributed by atoms with Gasteiger partial charge < -0.3 is 10.0 Å². The Balaban J connectivity index is 1.76. The smallest absolute Gasteiger partial charge is 0.308 e. The molecule has 0 bridgehead atoms. The topological polar surface area (TPSA) is 92.5 Å². The summed E-state index contributed by atoms with van der Waals surface area (Å²) in [7, 11) is 0. The first-order valence-corrected chi connectivity index (χ1v) is 7.87. The van der Waals surface area contributed by atoms with Gasteiger partial charge in [0.25, 0.3) is 5.56 Å². The molecule has 0 spiro atoms. The summed E-state index contributed by atoms with van der Waals surface area (Å²) >= 11 is 1.38. The minimum absolute atomic E-state index is 0.107. The van der Waals surface area contributed by atoms with E-state index >= 15 is 0 Å². The fourth-order valence-corrected chi connectivity index (χ4v) is 3.38. The molecule has 8 heteroatoms. The van der Waals surface area contributed by atoms with E-state index in [1.807, 2.05) is 0 Å². The van der Waals surface area contributed by atoms with E-state index in [2.05, 4.69) is 4.98 Å². The van der Waals surface area contributed by atoms with Crippen molar-refractivity contribution in [1.82, 2.24) is 14.5 Å². The number of piperidine rings is 1. The fraction of sp³-hybridized carbons (Fsp3) is 0.429. The highest BCUT2D eigenvalue weighted by molar-refractivity contribution is 7.16. The van der Waals surface area contributed by atoms with Crippen LogP contribution in [0, 0.1) is 5.92 Å². The summed E-state index contributed by atoms with van der Waals surface area (Å²) < 4.78 is 1.28. The molecule has 1 amide bonds. The minimum Gasteiger partial charge on any atom is -0.481 e. The van der Waals surface area contributed by atoms with E-state index in [0.717, 1.165) is 0 Å². The number of carboxylic acid groups (broad SMARTS) is 1. The van der Waals surface area contributed by atoms with Crippen LogP contribution in [0.25, 0.3) is 10.2 Å². The number of carboxylic acids is 1. The van der Waals surface area contributed by atoms with Crippen molar-refractivity contribution in [3.05, 3.63) is 28.1 Å². The third-order valence-corrected chi connectivity index (χ3v) is 4.70. The number of rotatable bonds is 3. The van der Waals surface area contributed by atoms with Crippen molar-refractivity contribution >= 4 is 33.4 Å². The van der Waals surface area contributed by atoms with E-state index in [1.165, 1.54) is 27.1 Å². The highest BCUT2D eigenvalue weighted by atomic mass is 32.1. The Hall–Kier alpha value is -2.22. The Morgan fingerprint density at radius 3 is 3.05 bits per heavy atom. The van der Waals surface area contributed by atoms with Crippen molar-refractivity contribution in [2.45, 2.75) is 19.4 Å². The Kier molecular flexibility index (Phi) is 3.93. The van der Waals surface area contributed by atoms with Crippen molar-refractivity contribution in [2.24, 2.45) is 5.92 Å². The van der Waals surface area contributed by atoms with Gasteiger partial charge in [-0.2, -0.15) is 0 Å². The number of hydrogen-bond donors (Lipinski definition) is 1. The summed E-state index contributed by atoms with van der Waals surface area (Å²) in [6.45, 7) is 0.631. The number of fused-ring (bicyclic) bond motifs is 1. The Morgan fingerprint density at radius 1 is 1.45 bits per heavy atom. The van der Waals surface area contributed by atoms with Gasteiger partial charge in [-0.15, -0.1) is 11.3 Å². The zero-order valence-electron chi connectivity index (χ0n) is 11.8. The predicted octanol–water partition coefficient (Wildman–Crippen LogP) is 0.781. The molecule has 1 atom stereocenters. The number of aliphatic carboxylic acids is 1. The van der Waals surface area contributed by atoms with Gasteiger partial charge in [0.05, 0.1) is 17.6 Å². The lowest BCUT2D eigenvalue weighted by Crippen LogP contribution is -2.44. The average molecular weight is 321 g/mol. The Bertz CT molecular complexity index is 782. The molecule has 0 radical (unpaired) electrons. The first-order valence-electron chi connectivity index (χ1n) is 6.99. The largest absolute Gasteiger partial charge is 0.481 e. The molecule has 3 rings (SSSR count). The normalized spacial score (nSPS) is 18.5. The molecule has 0 aliphatic carbocycles. The molecule has 1 aliphatic rings. The number of carbonyl (C=O) groups excluding carboxylic acids is 1. The molecule has 1 aliphatic heterocycles. The van der Waals surface area contributed by atoms with Crippen LogP contribution in [0.5, 0.6) is 0 Å². The summed E-state index contributed by atoms with van der Waals surface area (Å²) in [6, 6.07) is 1.69. The number of hydrogen-bond acceptors (Lipinski definition) is 5. The van der Waals surface area contributed by atoms with Crippen LogP contribution in [0.15, 0.2) is 22.6 Å². The first-order chi connectivity index (χ1) is 10.6. The molecule has 0 saturated carbocycles. The number of aromatic nitrogens is 2. The van der Waals surface area contributed by atoms with Crippen LogP contribution in [-0.4, -0.2) is 44.5 Å². The Morgan fingerprint density at radius 2 is 2.27 bits per heavy atom. The molecule has 1 saturated heterocycles. The second-order valence-electron chi connectivity index (χ2n) is 5.33. The molecular weight excluding hydrogens is 306 g/mol. The molecule has 116 valence electrons. The standard InChI is InChI=1S/C14H15N3O4S/c18-11(16-4-1-2-9(6-16)14(20)21)7-17-8-15-12-10(13(17)19)3-5-22-12/h3,5,8-9H,1-2,4,6-7H2,(H,20,21). The van der Waals surface area contributed by atoms with Crippen LogP contribution in [0.4, 0.5) is 0 Å². The Labute approximate surface area is 129 Å². The predicted molar refractivity (Wildman–Crippen MR) is 80.8 cm³/mol. The van der Waals surface area contributed by atoms with Gasteiger partial charge in [0, 0.05) is 13.1 Å². The summed E-state index contributed by atoms with van der Waals surface area (Å²) in [5.74, 6) is -1.65. The molecule has 1 unspecified atom stereocenters. The van der Waals surface area contributed by atoms with Crippen LogP contribution in [-0.2, 0) is 16.1 Å². The van der Waals surface area contributed by atoms with E-state index in [4.69, 9.17) is 5.11 Å². The van der Waals surface area contributed by atoms with Gasteiger partial charge >= 0.3 is 5.97 Å². The van der Waals surface area contributed by atoms with Crippen LogP contribution in [0.3, 0.4) is 0 Å². The van der Waals surface area contributed by atoms with Gasteiger partial charge in [-0.25, -0.2) is 4.98 Å². The monoisotopic (exact) mass is 321 g/mol. The van der Waals surface area contributed by atoms with Crippen molar-refractivity contribution in [1.29, 1.82) is 0 Å². The number of carbonyl (C=O) groups is 2. The zero-order valence-corrected chi connectivity index (χ0v) is 12.6. The SMILES string of the molecule is O=C(O)C1CCCN(C(=O)Cn2cnc3sccc3c2=O)C1. The third kappa shape index (κ3) is 2.74. The van der Waals surface area contributed by atoms with Crippen molar-refractivity contribution in [3.8, 4) is 0 Å². The fourth-order valence-electron chi connectivity index (χ4n) is 2.66. The van der Waals surface area contributed by atoms with Crippen LogP contribution in [0.2, 0.25) is 0 Å². The molecule has 1 fully saturated rings. The van der Waals surface area contributed by atoms with E-state index in [-0.39, 0.29) is 24.6 Å². The van der Waals surface area contributed by atoms with E-state index in [1.54, 1.807) is 11.4 Å². The summed E-state index contributed by atoms with van der Waals surface area (Å²) in [4.78, 5) is 41.9. The molecule has 2 aromatic rings. The van der Waals surface area contributed by atoms with Gasteiger partial charge in [0.2, 0.25) is 5.91 Å². The highest BCUT2D eigenvalue weighted by Crippen LogP contribution is 2.17. The number of likely N-dealkylation sites (tertiary alicyclic amines) is 1. The lowest BCUT2D eigenvalue weighted by atomic mass is 9.98. The van der Waals surface area contributed by atoms with E-state index in [9.17, 15) is 14.4 Å². The van der Waals surface area contributed by atoms with Crippen LogP contribution < -0.4 is 5.56 Å². The van der Waals surface area contributed by atoms with E-state index < -0.39 is 11.9 Å². The molecule has 7 nitrogen and oxygen atoms in total. The van der Waals surface area contributed by atoms with Crippen molar-refractivity contribution in [2.75, 3.05) is 13.1 Å². The van der Waals surface area contributed by atoms with Crippen molar-refractivity contribution in [3.63, 3.8) is 0 Å². The molecule has 3 heterocycles. The van der Waals surface area contributed by atoms with Gasteiger partial charge in [0.15, 0.2) is 0 Å². The number of amides is 1. The van der Waals surface area contributed by atoms with E-state index in [0.29, 0.717) is 29.6 Å².